The van der Waals surface area contributed by atoms with Crippen molar-refractivity contribution >= 4 is 28.3 Å². The molecule has 33 heavy (non-hydrogen) atoms. The van der Waals surface area contributed by atoms with Gasteiger partial charge < -0.3 is 10.5 Å². The summed E-state index contributed by atoms with van der Waals surface area (Å²) in [5.41, 5.74) is 3.99. The van der Waals surface area contributed by atoms with E-state index in [9.17, 15) is 22.0 Å². The van der Waals surface area contributed by atoms with Gasteiger partial charge in [-0.1, -0.05) is 22.6 Å². The highest BCUT2D eigenvalue weighted by Gasteiger charge is 2.42. The molecule has 0 atom stereocenters. The van der Waals surface area contributed by atoms with E-state index in [1.807, 2.05) is 0 Å². The lowest BCUT2D eigenvalue weighted by Gasteiger charge is -2.37. The predicted molar refractivity (Wildman–Crippen MR) is 126 cm³/mol. The lowest BCUT2D eigenvalue weighted by molar-refractivity contribution is -0.189. The molecule has 4 rings (SSSR count). The first kappa shape index (κ1) is 24.5. The highest BCUT2D eigenvalue weighted by molar-refractivity contribution is 14.1. The van der Waals surface area contributed by atoms with Gasteiger partial charge in [-0.05, 0) is 98.9 Å². The van der Waals surface area contributed by atoms with Crippen LogP contribution in [0.5, 0.6) is 5.75 Å². The summed E-state index contributed by atoms with van der Waals surface area (Å²) < 4.78 is 77.4. The van der Waals surface area contributed by atoms with Gasteiger partial charge in [0.05, 0.1) is 5.69 Å². The summed E-state index contributed by atoms with van der Waals surface area (Å²) in [5.74, 6) is -2.97. The summed E-state index contributed by atoms with van der Waals surface area (Å²) in [5, 5.41) is 0. The second-order valence-electron chi connectivity index (χ2n) is 9.29. The van der Waals surface area contributed by atoms with Gasteiger partial charge in [-0.25, -0.2) is 13.2 Å². The molecule has 2 aliphatic carbocycles. The van der Waals surface area contributed by atoms with Crippen LogP contribution in [0.15, 0.2) is 30.3 Å². The van der Waals surface area contributed by atoms with Crippen molar-refractivity contribution in [3.05, 3.63) is 58.9 Å². The molecule has 180 valence electrons. The Balaban J connectivity index is 1.45. The van der Waals surface area contributed by atoms with Gasteiger partial charge in [0, 0.05) is 9.99 Å². The zero-order valence-electron chi connectivity index (χ0n) is 18.1. The van der Waals surface area contributed by atoms with E-state index in [2.05, 4.69) is 27.3 Å². The van der Waals surface area contributed by atoms with Gasteiger partial charge >= 0.3 is 6.11 Å². The summed E-state index contributed by atoms with van der Waals surface area (Å²) in [6.45, 7) is 0. The molecule has 0 aliphatic heterocycles. The smallest absolute Gasteiger partial charge is 0.429 e. The quantitative estimate of drug-likeness (QED) is 0.168. The molecule has 2 nitrogen and oxygen atoms in total. The maximum Gasteiger partial charge on any atom is 0.432 e. The van der Waals surface area contributed by atoms with Crippen LogP contribution in [0.25, 0.3) is 0 Å². The summed E-state index contributed by atoms with van der Waals surface area (Å²) in [6.07, 6.45) is 4.26. The fraction of sp³-hybridized carbons (Fsp3) is 0.520. The van der Waals surface area contributed by atoms with Crippen molar-refractivity contribution in [2.75, 3.05) is 5.73 Å². The normalized spacial score (nSPS) is 26.2. The van der Waals surface area contributed by atoms with Crippen LogP contribution in [-0.4, -0.2) is 3.92 Å². The monoisotopic (exact) mass is 579 g/mol. The van der Waals surface area contributed by atoms with Gasteiger partial charge in [0.1, 0.15) is 28.8 Å². The largest absolute Gasteiger partial charge is 0.432 e. The molecular weight excluding hydrogens is 552 g/mol. The van der Waals surface area contributed by atoms with Gasteiger partial charge in [-0.3, -0.25) is 0 Å². The molecule has 0 aromatic heterocycles. The predicted octanol–water partition coefficient (Wildman–Crippen LogP) is 8.08. The van der Waals surface area contributed by atoms with E-state index in [-0.39, 0.29) is 11.6 Å². The Morgan fingerprint density at radius 1 is 0.788 bits per heavy atom. The van der Waals surface area contributed by atoms with Gasteiger partial charge in [0.15, 0.2) is 0 Å². The number of anilines is 1. The lowest BCUT2D eigenvalue weighted by Crippen LogP contribution is -2.27. The second-order valence-corrected chi connectivity index (χ2v) is 11.0. The van der Waals surface area contributed by atoms with E-state index < -0.39 is 34.9 Å². The third-order valence-corrected chi connectivity index (χ3v) is 8.43. The van der Waals surface area contributed by atoms with Crippen LogP contribution in [0.4, 0.5) is 27.6 Å². The van der Waals surface area contributed by atoms with Crippen molar-refractivity contribution in [3.63, 3.8) is 0 Å². The van der Waals surface area contributed by atoms with E-state index >= 15 is 0 Å². The average molecular weight is 579 g/mol. The standard InChI is InChI=1S/C25H27F5INO/c26-20-13-19(9-10-23(20)32)33-25(29,30)24-21(27)11-17(12-22(24)28)16-3-1-14(2-4-16)15-5-7-18(31)8-6-15/h9-16,18H,1-8,32H2. The maximum absolute atomic E-state index is 14.7. The highest BCUT2D eigenvalue weighted by atomic mass is 127. The van der Waals surface area contributed by atoms with Gasteiger partial charge in [-0.15, -0.1) is 0 Å². The minimum atomic E-state index is -4.32. The number of hydrogen-bond donors (Lipinski definition) is 1. The molecule has 8 heteroatoms. The Bertz CT molecular complexity index is 962. The number of halogens is 6. The summed E-state index contributed by atoms with van der Waals surface area (Å²) >= 11 is 2.52. The topological polar surface area (TPSA) is 35.2 Å². The van der Waals surface area contributed by atoms with Crippen molar-refractivity contribution < 1.29 is 26.7 Å². The van der Waals surface area contributed by atoms with Crippen LogP contribution in [0.2, 0.25) is 0 Å². The number of rotatable bonds is 5. The van der Waals surface area contributed by atoms with Gasteiger partial charge in [-0.2, -0.15) is 8.78 Å². The molecule has 0 spiro atoms. The SMILES string of the molecule is Nc1ccc(OC(F)(F)c2c(F)cc(C3CCC(C4CCC(I)CC4)CC3)cc2F)cc1F. The number of ether oxygens (including phenoxy) is 1. The van der Waals surface area contributed by atoms with Crippen molar-refractivity contribution in [2.24, 2.45) is 11.8 Å². The van der Waals surface area contributed by atoms with Crippen molar-refractivity contribution in [3.8, 4) is 5.75 Å². The number of hydrogen-bond acceptors (Lipinski definition) is 2. The highest BCUT2D eigenvalue weighted by Crippen LogP contribution is 2.45. The number of nitrogens with two attached hydrogens (primary N) is 1. The van der Waals surface area contributed by atoms with Crippen molar-refractivity contribution in [1.29, 1.82) is 0 Å². The third-order valence-electron chi connectivity index (χ3n) is 7.18. The fourth-order valence-electron chi connectivity index (χ4n) is 5.35. The number of nitrogen functional groups attached to an aromatic ring is 1. The first-order valence-corrected chi connectivity index (χ1v) is 12.6. The van der Waals surface area contributed by atoms with E-state index in [1.54, 1.807) is 0 Å². The molecule has 0 saturated heterocycles. The Labute approximate surface area is 204 Å². The van der Waals surface area contributed by atoms with Crippen LogP contribution in [0, 0.1) is 29.3 Å². The molecule has 2 aliphatic rings. The molecule has 2 aromatic rings. The Hall–Kier alpha value is -1.58. The van der Waals surface area contributed by atoms with Crippen LogP contribution in [-0.2, 0) is 6.11 Å². The number of alkyl halides is 3. The third kappa shape index (κ3) is 5.57. The minimum absolute atomic E-state index is 0.0547. The fourth-order valence-corrected chi connectivity index (χ4v) is 6.07. The molecule has 0 heterocycles. The average Bonchev–Trinajstić information content (AvgIpc) is 2.76. The zero-order valence-corrected chi connectivity index (χ0v) is 20.3. The summed E-state index contributed by atoms with van der Waals surface area (Å²) in [7, 11) is 0. The molecule has 0 bridgehead atoms. The summed E-state index contributed by atoms with van der Waals surface area (Å²) in [6, 6.07) is 4.69. The molecule has 0 unspecified atom stereocenters. The van der Waals surface area contributed by atoms with Crippen LogP contribution >= 0.6 is 22.6 Å². The molecule has 0 radical (unpaired) electrons. The number of benzene rings is 2. The lowest BCUT2D eigenvalue weighted by atomic mass is 9.70. The Kier molecular flexibility index (Phi) is 7.41. The first-order valence-electron chi connectivity index (χ1n) is 11.4. The molecular formula is C25H27F5INO. The zero-order chi connectivity index (χ0) is 23.8. The van der Waals surface area contributed by atoms with Crippen LogP contribution in [0.3, 0.4) is 0 Å². The second kappa shape index (κ2) is 9.96. The minimum Gasteiger partial charge on any atom is -0.429 e. The van der Waals surface area contributed by atoms with Gasteiger partial charge in [0.2, 0.25) is 0 Å². The van der Waals surface area contributed by atoms with Crippen LogP contribution < -0.4 is 10.5 Å². The van der Waals surface area contributed by atoms with E-state index in [1.165, 1.54) is 25.7 Å². The molecule has 2 N–H and O–H groups in total. The molecule has 2 saturated carbocycles. The van der Waals surface area contributed by atoms with Crippen molar-refractivity contribution in [1.82, 2.24) is 0 Å². The van der Waals surface area contributed by atoms with E-state index in [4.69, 9.17) is 5.73 Å². The van der Waals surface area contributed by atoms with Crippen molar-refractivity contribution in [2.45, 2.75) is 67.3 Å². The van der Waals surface area contributed by atoms with Crippen LogP contribution in [0.1, 0.15) is 68.4 Å². The molecule has 2 fully saturated rings. The van der Waals surface area contributed by atoms with Gasteiger partial charge in [0.25, 0.3) is 0 Å². The molecule has 0 amide bonds. The molecule has 2 aromatic carbocycles. The maximum atomic E-state index is 14.7. The first-order chi connectivity index (χ1) is 15.6. The van der Waals surface area contributed by atoms with E-state index in [0.717, 1.165) is 59.8 Å². The van der Waals surface area contributed by atoms with E-state index in [0.29, 0.717) is 17.5 Å². The Morgan fingerprint density at radius 2 is 1.33 bits per heavy atom. The summed E-state index contributed by atoms with van der Waals surface area (Å²) in [4.78, 5) is 0. The Morgan fingerprint density at radius 3 is 1.88 bits per heavy atom.